The van der Waals surface area contributed by atoms with Gasteiger partial charge >= 0.3 is 0 Å². The summed E-state index contributed by atoms with van der Waals surface area (Å²) in [6.07, 6.45) is 0. The zero-order valence-corrected chi connectivity index (χ0v) is 15.1. The topological polar surface area (TPSA) is 120 Å². The smallest absolute Gasteiger partial charge is 0.222 e. The highest BCUT2D eigenvalue weighted by atomic mass is 16.5. The third kappa shape index (κ3) is 3.90. The Labute approximate surface area is 157 Å². The van der Waals surface area contributed by atoms with Gasteiger partial charge in [-0.15, -0.1) is 0 Å². The summed E-state index contributed by atoms with van der Waals surface area (Å²) in [6.45, 7) is 2.40. The SMILES string of the molecule is COc1ccc(-c2nc(N)nc(N)c2C#N)cc1OCc1cccc(C)c1. The number of anilines is 2. The third-order valence-corrected chi connectivity index (χ3v) is 3.98. The number of hydrogen-bond acceptors (Lipinski definition) is 7. The van der Waals surface area contributed by atoms with Gasteiger partial charge in [-0.3, -0.25) is 0 Å². The Morgan fingerprint density at radius 1 is 1.07 bits per heavy atom. The predicted octanol–water partition coefficient (Wildman–Crippen LogP) is 3.08. The number of nitrogens with zero attached hydrogens (tertiary/aromatic N) is 3. The quantitative estimate of drug-likeness (QED) is 0.716. The first kappa shape index (κ1) is 18.0. The summed E-state index contributed by atoms with van der Waals surface area (Å²) in [5.74, 6) is 1.13. The Bertz CT molecular complexity index is 1030. The molecule has 0 aliphatic heterocycles. The highest BCUT2D eigenvalue weighted by molar-refractivity contribution is 5.74. The van der Waals surface area contributed by atoms with E-state index in [1.807, 2.05) is 31.2 Å². The zero-order valence-electron chi connectivity index (χ0n) is 15.1. The lowest BCUT2D eigenvalue weighted by Gasteiger charge is -2.13. The average Bonchev–Trinajstić information content (AvgIpc) is 2.65. The summed E-state index contributed by atoms with van der Waals surface area (Å²) >= 11 is 0. The van der Waals surface area contributed by atoms with Crippen molar-refractivity contribution in [2.75, 3.05) is 18.6 Å². The number of nitriles is 1. The van der Waals surface area contributed by atoms with E-state index >= 15 is 0 Å². The van der Waals surface area contributed by atoms with Crippen molar-refractivity contribution in [3.8, 4) is 28.8 Å². The van der Waals surface area contributed by atoms with Crippen molar-refractivity contribution >= 4 is 11.8 Å². The Morgan fingerprint density at radius 2 is 1.89 bits per heavy atom. The first-order valence-corrected chi connectivity index (χ1v) is 8.21. The van der Waals surface area contributed by atoms with E-state index < -0.39 is 0 Å². The van der Waals surface area contributed by atoms with E-state index in [2.05, 4.69) is 16.0 Å². The number of benzene rings is 2. The van der Waals surface area contributed by atoms with Gasteiger partial charge in [0.1, 0.15) is 24.1 Å². The van der Waals surface area contributed by atoms with Crippen molar-refractivity contribution in [3.63, 3.8) is 0 Å². The fourth-order valence-electron chi connectivity index (χ4n) is 2.71. The molecule has 2 aromatic carbocycles. The van der Waals surface area contributed by atoms with E-state index in [0.717, 1.165) is 11.1 Å². The Balaban J connectivity index is 1.98. The van der Waals surface area contributed by atoms with Crippen LogP contribution in [0.5, 0.6) is 11.5 Å². The van der Waals surface area contributed by atoms with Gasteiger partial charge in [0.05, 0.1) is 12.8 Å². The minimum atomic E-state index is -0.000419. The molecule has 0 radical (unpaired) electrons. The summed E-state index contributed by atoms with van der Waals surface area (Å²) in [5, 5.41) is 9.39. The lowest BCUT2D eigenvalue weighted by atomic mass is 10.1. The highest BCUT2D eigenvalue weighted by Crippen LogP contribution is 2.34. The van der Waals surface area contributed by atoms with Crippen molar-refractivity contribution in [3.05, 3.63) is 59.2 Å². The van der Waals surface area contributed by atoms with E-state index in [1.54, 1.807) is 25.3 Å². The molecule has 0 atom stereocenters. The van der Waals surface area contributed by atoms with Gasteiger partial charge in [0.15, 0.2) is 11.5 Å². The van der Waals surface area contributed by atoms with E-state index in [0.29, 0.717) is 29.4 Å². The van der Waals surface area contributed by atoms with Crippen molar-refractivity contribution in [1.82, 2.24) is 9.97 Å². The van der Waals surface area contributed by atoms with Gasteiger partial charge in [-0.05, 0) is 30.7 Å². The molecule has 0 saturated carbocycles. The summed E-state index contributed by atoms with van der Waals surface area (Å²) < 4.78 is 11.3. The van der Waals surface area contributed by atoms with Crippen LogP contribution in [0.15, 0.2) is 42.5 Å². The van der Waals surface area contributed by atoms with Crippen LogP contribution in [0.1, 0.15) is 16.7 Å². The fourth-order valence-corrected chi connectivity index (χ4v) is 2.71. The molecule has 0 bridgehead atoms. The summed E-state index contributed by atoms with van der Waals surface area (Å²) in [4.78, 5) is 8.01. The van der Waals surface area contributed by atoms with Gasteiger partial charge in [0, 0.05) is 5.56 Å². The third-order valence-electron chi connectivity index (χ3n) is 3.98. The number of nitrogens with two attached hydrogens (primary N) is 2. The van der Waals surface area contributed by atoms with Crippen LogP contribution in [-0.4, -0.2) is 17.1 Å². The van der Waals surface area contributed by atoms with Crippen LogP contribution in [0.4, 0.5) is 11.8 Å². The molecule has 3 rings (SSSR count). The van der Waals surface area contributed by atoms with Crippen LogP contribution in [-0.2, 0) is 6.61 Å². The number of rotatable bonds is 5. The van der Waals surface area contributed by atoms with Gasteiger partial charge in [0.25, 0.3) is 0 Å². The molecule has 27 heavy (non-hydrogen) atoms. The molecule has 0 saturated heterocycles. The van der Waals surface area contributed by atoms with Crippen LogP contribution >= 0.6 is 0 Å². The van der Waals surface area contributed by atoms with Gasteiger partial charge < -0.3 is 20.9 Å². The molecule has 1 heterocycles. The number of methoxy groups -OCH3 is 1. The lowest BCUT2D eigenvalue weighted by Crippen LogP contribution is -2.05. The van der Waals surface area contributed by atoms with Crippen LogP contribution in [0.2, 0.25) is 0 Å². The number of ether oxygens (including phenoxy) is 2. The molecular weight excluding hydrogens is 342 g/mol. The highest BCUT2D eigenvalue weighted by Gasteiger charge is 2.15. The summed E-state index contributed by atoms with van der Waals surface area (Å²) in [6, 6.07) is 15.3. The molecular formula is C20H19N5O2. The van der Waals surface area contributed by atoms with E-state index in [1.165, 1.54) is 0 Å². The molecule has 0 aliphatic carbocycles. The molecule has 0 fully saturated rings. The van der Waals surface area contributed by atoms with E-state index in [4.69, 9.17) is 20.9 Å². The van der Waals surface area contributed by atoms with Crippen molar-refractivity contribution in [2.24, 2.45) is 0 Å². The Hall–Kier alpha value is -3.79. The molecule has 7 heteroatoms. The second-order valence-electron chi connectivity index (χ2n) is 5.95. The summed E-state index contributed by atoms with van der Waals surface area (Å²) in [5.41, 5.74) is 14.8. The maximum atomic E-state index is 9.39. The number of nitrogen functional groups attached to an aromatic ring is 2. The normalized spacial score (nSPS) is 10.3. The van der Waals surface area contributed by atoms with Gasteiger partial charge in [-0.1, -0.05) is 29.8 Å². The minimum Gasteiger partial charge on any atom is -0.493 e. The van der Waals surface area contributed by atoms with Gasteiger partial charge in [-0.2, -0.15) is 10.2 Å². The van der Waals surface area contributed by atoms with Crippen molar-refractivity contribution in [1.29, 1.82) is 5.26 Å². The molecule has 3 aromatic rings. The van der Waals surface area contributed by atoms with Crippen LogP contribution in [0.3, 0.4) is 0 Å². The van der Waals surface area contributed by atoms with E-state index in [-0.39, 0.29) is 17.3 Å². The van der Waals surface area contributed by atoms with Crippen LogP contribution in [0, 0.1) is 18.3 Å². The average molecular weight is 361 g/mol. The van der Waals surface area contributed by atoms with E-state index in [9.17, 15) is 5.26 Å². The maximum Gasteiger partial charge on any atom is 0.222 e. The Morgan fingerprint density at radius 3 is 2.59 bits per heavy atom. The lowest BCUT2D eigenvalue weighted by molar-refractivity contribution is 0.284. The number of hydrogen-bond donors (Lipinski definition) is 2. The molecule has 0 unspecified atom stereocenters. The largest absolute Gasteiger partial charge is 0.493 e. The zero-order chi connectivity index (χ0) is 19.4. The predicted molar refractivity (Wildman–Crippen MR) is 103 cm³/mol. The molecule has 0 aliphatic rings. The molecule has 1 aromatic heterocycles. The number of aryl methyl sites for hydroxylation is 1. The van der Waals surface area contributed by atoms with Gasteiger partial charge in [0.2, 0.25) is 5.95 Å². The molecule has 0 amide bonds. The van der Waals surface area contributed by atoms with Crippen molar-refractivity contribution in [2.45, 2.75) is 13.5 Å². The van der Waals surface area contributed by atoms with Crippen LogP contribution < -0.4 is 20.9 Å². The molecule has 136 valence electrons. The first-order valence-electron chi connectivity index (χ1n) is 8.21. The molecule has 4 N–H and O–H groups in total. The minimum absolute atomic E-state index is 0.000419. The fraction of sp³-hybridized carbons (Fsp3) is 0.150. The Kier molecular flexibility index (Phi) is 5.08. The monoisotopic (exact) mass is 361 g/mol. The maximum absolute atomic E-state index is 9.39. The second-order valence-corrected chi connectivity index (χ2v) is 5.95. The molecule has 7 nitrogen and oxygen atoms in total. The van der Waals surface area contributed by atoms with Gasteiger partial charge in [-0.25, -0.2) is 4.98 Å². The molecule has 0 spiro atoms. The number of aromatic nitrogens is 2. The second kappa shape index (κ2) is 7.62. The standard InChI is InChI=1S/C20H19N5O2/c1-12-4-3-5-13(8-12)11-27-17-9-14(6-7-16(17)26-2)18-15(10-21)19(22)25-20(23)24-18/h3-9H,11H2,1-2H3,(H4,22,23,24,25). The first-order chi connectivity index (χ1) is 13.0. The summed E-state index contributed by atoms with van der Waals surface area (Å²) in [7, 11) is 1.57. The van der Waals surface area contributed by atoms with Crippen molar-refractivity contribution < 1.29 is 9.47 Å². The van der Waals surface area contributed by atoms with Crippen LogP contribution in [0.25, 0.3) is 11.3 Å².